The molecule has 0 aromatic heterocycles. The number of hydrogen-bond donors (Lipinski definition) is 1. The molecular formula is C17H19F2NO. The molecule has 1 N–H and O–H groups in total. The number of nitrogens with one attached hydrogen (secondary N) is 1. The zero-order chi connectivity index (χ0) is 15.4. The Kier molecular flexibility index (Phi) is 4.91. The first-order chi connectivity index (χ1) is 10.0. The van der Waals surface area contributed by atoms with Gasteiger partial charge in [-0.1, -0.05) is 29.8 Å². The van der Waals surface area contributed by atoms with Crippen LogP contribution in [-0.4, -0.2) is 13.7 Å². The topological polar surface area (TPSA) is 21.3 Å². The average molecular weight is 291 g/mol. The Morgan fingerprint density at radius 1 is 1.14 bits per heavy atom. The van der Waals surface area contributed by atoms with Crippen LogP contribution in [0.1, 0.15) is 22.7 Å². The molecule has 2 nitrogen and oxygen atoms in total. The van der Waals surface area contributed by atoms with E-state index in [2.05, 4.69) is 5.32 Å². The van der Waals surface area contributed by atoms with Crippen LogP contribution in [0.15, 0.2) is 36.4 Å². The summed E-state index contributed by atoms with van der Waals surface area (Å²) in [6.45, 7) is 4.19. The molecule has 0 saturated carbocycles. The molecule has 0 bridgehead atoms. The lowest BCUT2D eigenvalue weighted by atomic mass is 10.1. The van der Waals surface area contributed by atoms with Crippen LogP contribution < -0.4 is 10.1 Å². The molecule has 0 aliphatic heterocycles. The van der Waals surface area contributed by atoms with E-state index in [1.165, 1.54) is 6.07 Å². The zero-order valence-electron chi connectivity index (χ0n) is 12.4. The number of benzene rings is 2. The van der Waals surface area contributed by atoms with Gasteiger partial charge in [0.1, 0.15) is 12.4 Å². The number of aryl methyl sites for hydroxylation is 2. The fourth-order valence-corrected chi connectivity index (χ4v) is 2.25. The summed E-state index contributed by atoms with van der Waals surface area (Å²) in [7, 11) is 1.69. The van der Waals surface area contributed by atoms with E-state index in [1.807, 2.05) is 32.0 Å². The van der Waals surface area contributed by atoms with Gasteiger partial charge in [0.2, 0.25) is 0 Å². The molecule has 2 rings (SSSR count). The van der Waals surface area contributed by atoms with Crippen LogP contribution in [0.3, 0.4) is 0 Å². The fraction of sp³-hybridized carbons (Fsp3) is 0.294. The number of likely N-dealkylation sites (N-methyl/N-ethyl adjacent to an activating group) is 1. The van der Waals surface area contributed by atoms with Crippen molar-refractivity contribution in [2.75, 3.05) is 13.7 Å². The molecule has 0 aliphatic carbocycles. The maximum atomic E-state index is 13.8. The Morgan fingerprint density at radius 3 is 2.57 bits per heavy atom. The highest BCUT2D eigenvalue weighted by atomic mass is 19.2. The Bertz CT molecular complexity index is 628. The molecule has 2 aromatic rings. The number of rotatable bonds is 5. The van der Waals surface area contributed by atoms with Gasteiger partial charge in [0.15, 0.2) is 11.6 Å². The number of hydrogen-bond acceptors (Lipinski definition) is 2. The Labute approximate surface area is 123 Å². The molecule has 1 atom stereocenters. The van der Waals surface area contributed by atoms with E-state index in [0.29, 0.717) is 0 Å². The maximum absolute atomic E-state index is 13.8. The predicted molar refractivity (Wildman–Crippen MR) is 79.6 cm³/mol. The van der Waals surface area contributed by atoms with Crippen molar-refractivity contribution in [2.45, 2.75) is 19.9 Å². The molecule has 0 heterocycles. The molecule has 0 spiro atoms. The van der Waals surface area contributed by atoms with Crippen molar-refractivity contribution in [3.05, 3.63) is 64.7 Å². The first kappa shape index (κ1) is 15.4. The van der Waals surface area contributed by atoms with Gasteiger partial charge in [-0.3, -0.25) is 0 Å². The SMILES string of the molecule is CNC(COc1ccc(C)cc1C)c1cccc(F)c1F. The van der Waals surface area contributed by atoms with Crippen molar-refractivity contribution >= 4 is 0 Å². The van der Waals surface area contributed by atoms with E-state index in [9.17, 15) is 8.78 Å². The Hall–Kier alpha value is -1.94. The van der Waals surface area contributed by atoms with E-state index in [4.69, 9.17) is 4.74 Å². The largest absolute Gasteiger partial charge is 0.491 e. The van der Waals surface area contributed by atoms with Crippen LogP contribution in [0.25, 0.3) is 0 Å². The Morgan fingerprint density at radius 2 is 1.90 bits per heavy atom. The van der Waals surface area contributed by atoms with Gasteiger partial charge < -0.3 is 10.1 Å². The normalized spacial score (nSPS) is 12.2. The molecule has 2 aromatic carbocycles. The van der Waals surface area contributed by atoms with Crippen LogP contribution in [0.4, 0.5) is 8.78 Å². The molecule has 0 amide bonds. The molecule has 0 radical (unpaired) electrons. The average Bonchev–Trinajstić information content (AvgIpc) is 2.45. The fourth-order valence-electron chi connectivity index (χ4n) is 2.25. The van der Waals surface area contributed by atoms with E-state index < -0.39 is 17.7 Å². The van der Waals surface area contributed by atoms with E-state index >= 15 is 0 Å². The second-order valence-corrected chi connectivity index (χ2v) is 5.06. The summed E-state index contributed by atoms with van der Waals surface area (Å²) >= 11 is 0. The molecule has 0 aliphatic rings. The second kappa shape index (κ2) is 6.68. The van der Waals surface area contributed by atoms with Gasteiger partial charge in [-0.15, -0.1) is 0 Å². The minimum atomic E-state index is -0.848. The first-order valence-corrected chi connectivity index (χ1v) is 6.84. The van der Waals surface area contributed by atoms with Crippen molar-refractivity contribution in [3.8, 4) is 5.75 Å². The summed E-state index contributed by atoms with van der Waals surface area (Å²) < 4.78 is 32.9. The van der Waals surface area contributed by atoms with Gasteiger partial charge in [-0.25, -0.2) is 8.78 Å². The van der Waals surface area contributed by atoms with Crippen LogP contribution in [0.2, 0.25) is 0 Å². The molecule has 4 heteroatoms. The summed E-state index contributed by atoms with van der Waals surface area (Å²) in [5.74, 6) is -0.932. The predicted octanol–water partition coefficient (Wildman–Crippen LogP) is 3.92. The number of halogens is 2. The molecule has 1 unspecified atom stereocenters. The van der Waals surface area contributed by atoms with Crippen LogP contribution in [-0.2, 0) is 0 Å². The molecule has 0 saturated heterocycles. The summed E-state index contributed by atoms with van der Waals surface area (Å²) in [6, 6.07) is 9.61. The van der Waals surface area contributed by atoms with Crippen LogP contribution in [0, 0.1) is 25.5 Å². The summed E-state index contributed by atoms with van der Waals surface area (Å²) in [6.07, 6.45) is 0. The van der Waals surface area contributed by atoms with E-state index in [0.717, 1.165) is 22.9 Å². The Balaban J connectivity index is 2.14. The van der Waals surface area contributed by atoms with Crippen LogP contribution >= 0.6 is 0 Å². The summed E-state index contributed by atoms with van der Waals surface area (Å²) in [4.78, 5) is 0. The minimum absolute atomic E-state index is 0.223. The van der Waals surface area contributed by atoms with Gasteiger partial charge in [0, 0.05) is 5.56 Å². The van der Waals surface area contributed by atoms with Crippen LogP contribution in [0.5, 0.6) is 5.75 Å². The molecule has 21 heavy (non-hydrogen) atoms. The van der Waals surface area contributed by atoms with Gasteiger partial charge in [-0.2, -0.15) is 0 Å². The van der Waals surface area contributed by atoms with E-state index in [-0.39, 0.29) is 12.2 Å². The highest BCUT2D eigenvalue weighted by Gasteiger charge is 2.17. The maximum Gasteiger partial charge on any atom is 0.163 e. The van der Waals surface area contributed by atoms with Crippen molar-refractivity contribution in [3.63, 3.8) is 0 Å². The zero-order valence-corrected chi connectivity index (χ0v) is 12.4. The summed E-state index contributed by atoms with van der Waals surface area (Å²) in [5, 5.41) is 2.96. The monoisotopic (exact) mass is 291 g/mol. The summed E-state index contributed by atoms with van der Waals surface area (Å²) in [5.41, 5.74) is 2.44. The smallest absolute Gasteiger partial charge is 0.163 e. The first-order valence-electron chi connectivity index (χ1n) is 6.84. The van der Waals surface area contributed by atoms with Crippen molar-refractivity contribution in [1.29, 1.82) is 0 Å². The molecular weight excluding hydrogens is 272 g/mol. The third-order valence-corrected chi connectivity index (χ3v) is 3.44. The third-order valence-electron chi connectivity index (χ3n) is 3.44. The second-order valence-electron chi connectivity index (χ2n) is 5.06. The lowest BCUT2D eigenvalue weighted by Gasteiger charge is -2.19. The molecule has 112 valence electrons. The minimum Gasteiger partial charge on any atom is -0.491 e. The number of ether oxygens (including phenoxy) is 1. The van der Waals surface area contributed by atoms with Crippen molar-refractivity contribution < 1.29 is 13.5 Å². The van der Waals surface area contributed by atoms with Gasteiger partial charge in [0.25, 0.3) is 0 Å². The van der Waals surface area contributed by atoms with Crippen molar-refractivity contribution in [2.24, 2.45) is 0 Å². The molecule has 0 fully saturated rings. The van der Waals surface area contributed by atoms with Gasteiger partial charge in [-0.05, 0) is 38.6 Å². The lowest BCUT2D eigenvalue weighted by molar-refractivity contribution is 0.267. The van der Waals surface area contributed by atoms with E-state index in [1.54, 1.807) is 13.1 Å². The quantitative estimate of drug-likeness (QED) is 0.901. The van der Waals surface area contributed by atoms with Crippen molar-refractivity contribution in [1.82, 2.24) is 5.32 Å². The highest BCUT2D eigenvalue weighted by molar-refractivity contribution is 5.35. The highest BCUT2D eigenvalue weighted by Crippen LogP contribution is 2.23. The standard InChI is InChI=1S/C17H19F2NO/c1-11-7-8-16(12(2)9-11)21-10-15(20-3)13-5-4-6-14(18)17(13)19/h4-9,15,20H,10H2,1-3H3. The van der Waals surface area contributed by atoms with Gasteiger partial charge >= 0.3 is 0 Å². The van der Waals surface area contributed by atoms with Gasteiger partial charge in [0.05, 0.1) is 6.04 Å². The third kappa shape index (κ3) is 3.58. The lowest BCUT2D eigenvalue weighted by Crippen LogP contribution is -2.24.